The van der Waals surface area contributed by atoms with Gasteiger partial charge in [0.15, 0.2) is 5.82 Å². The molecule has 0 radical (unpaired) electrons. The second kappa shape index (κ2) is 6.72. The molecule has 1 aliphatic heterocycles. The number of hydrogen-bond donors (Lipinski definition) is 1. The Kier molecular flexibility index (Phi) is 4.50. The number of aryl methyl sites for hydroxylation is 2. The summed E-state index contributed by atoms with van der Waals surface area (Å²) in [4.78, 5) is 18.8. The molecular weight excluding hydrogens is 282 g/mol. The zero-order chi connectivity index (χ0) is 15.4. The number of nitrogens with zero attached hydrogens (tertiary/aromatic N) is 4. The van der Waals surface area contributed by atoms with Crippen LogP contribution in [0.5, 0.6) is 0 Å². The first-order chi connectivity index (χ1) is 10.8. The molecule has 7 heteroatoms. The fourth-order valence-electron chi connectivity index (χ4n) is 2.90. The van der Waals surface area contributed by atoms with E-state index < -0.39 is 0 Å². The van der Waals surface area contributed by atoms with Gasteiger partial charge < -0.3 is 9.42 Å². The number of piperidine rings is 1. The maximum absolute atomic E-state index is 12.6. The third-order valence-corrected chi connectivity index (χ3v) is 4.08. The molecule has 3 rings (SSSR count). The fraction of sp³-hybridized carbons (Fsp3) is 0.600. The largest absolute Gasteiger partial charge is 0.339 e. The highest BCUT2D eigenvalue weighted by Crippen LogP contribution is 2.30. The van der Waals surface area contributed by atoms with E-state index >= 15 is 0 Å². The number of likely N-dealkylation sites (tertiary alicyclic amines) is 1. The van der Waals surface area contributed by atoms with Crippen molar-refractivity contribution in [2.45, 2.75) is 51.5 Å². The van der Waals surface area contributed by atoms with Crippen molar-refractivity contribution < 1.29 is 9.32 Å². The molecule has 0 bridgehead atoms. The summed E-state index contributed by atoms with van der Waals surface area (Å²) >= 11 is 0. The van der Waals surface area contributed by atoms with Gasteiger partial charge in [0.2, 0.25) is 11.8 Å². The highest BCUT2D eigenvalue weighted by Gasteiger charge is 2.28. The Labute approximate surface area is 129 Å². The molecule has 1 fully saturated rings. The topological polar surface area (TPSA) is 87.9 Å². The van der Waals surface area contributed by atoms with Crippen molar-refractivity contribution in [3.05, 3.63) is 29.7 Å². The minimum Gasteiger partial charge on any atom is -0.339 e. The van der Waals surface area contributed by atoms with Crippen LogP contribution in [0.25, 0.3) is 0 Å². The summed E-state index contributed by atoms with van der Waals surface area (Å²) in [6.45, 7) is 2.77. The summed E-state index contributed by atoms with van der Waals surface area (Å²) in [6, 6.07) is 2.06. The molecule has 7 nitrogen and oxygen atoms in total. The highest BCUT2D eigenvalue weighted by atomic mass is 16.5. The van der Waals surface area contributed by atoms with E-state index in [1.54, 1.807) is 6.20 Å². The Bertz CT molecular complexity index is 607. The van der Waals surface area contributed by atoms with Crippen LogP contribution in [0.1, 0.15) is 56.1 Å². The average molecular weight is 303 g/mol. The highest BCUT2D eigenvalue weighted by molar-refractivity contribution is 5.77. The number of carbonyl (C=O) groups excluding carboxylic acids is 1. The number of nitrogens with one attached hydrogen (secondary N) is 1. The average Bonchev–Trinajstić information content (AvgIpc) is 3.24. The van der Waals surface area contributed by atoms with Crippen LogP contribution in [0.15, 0.2) is 16.8 Å². The Hall–Kier alpha value is -2.18. The molecule has 3 heterocycles. The van der Waals surface area contributed by atoms with Crippen molar-refractivity contribution >= 4 is 5.91 Å². The van der Waals surface area contributed by atoms with E-state index in [9.17, 15) is 4.79 Å². The number of rotatable bonds is 5. The molecule has 1 atom stereocenters. The second-order valence-corrected chi connectivity index (χ2v) is 5.57. The third-order valence-electron chi connectivity index (χ3n) is 4.08. The number of H-pyrrole nitrogens is 1. The van der Waals surface area contributed by atoms with Gasteiger partial charge in [0.1, 0.15) is 0 Å². The molecule has 0 saturated carbocycles. The fourth-order valence-corrected chi connectivity index (χ4v) is 2.90. The quantitative estimate of drug-likeness (QED) is 0.913. The summed E-state index contributed by atoms with van der Waals surface area (Å²) < 4.78 is 5.14. The van der Waals surface area contributed by atoms with Crippen LogP contribution in [0.3, 0.4) is 0 Å². The second-order valence-electron chi connectivity index (χ2n) is 5.57. The Morgan fingerprint density at radius 3 is 3.14 bits per heavy atom. The van der Waals surface area contributed by atoms with E-state index in [4.69, 9.17) is 4.52 Å². The van der Waals surface area contributed by atoms with Crippen molar-refractivity contribution in [3.8, 4) is 0 Å². The van der Waals surface area contributed by atoms with Crippen molar-refractivity contribution in [1.29, 1.82) is 0 Å². The third kappa shape index (κ3) is 3.18. The molecule has 2 aromatic heterocycles. The molecule has 1 saturated heterocycles. The number of aromatic nitrogens is 4. The molecular formula is C15H21N5O2. The Morgan fingerprint density at radius 2 is 2.41 bits per heavy atom. The minimum absolute atomic E-state index is 0.109. The summed E-state index contributed by atoms with van der Waals surface area (Å²) in [5.74, 6) is 1.37. The summed E-state index contributed by atoms with van der Waals surface area (Å²) in [5, 5.41) is 10.8. The van der Waals surface area contributed by atoms with Gasteiger partial charge in [-0.15, -0.1) is 0 Å². The molecule has 0 aliphatic carbocycles. The van der Waals surface area contributed by atoms with Crippen LogP contribution in [-0.2, 0) is 17.6 Å². The van der Waals surface area contributed by atoms with E-state index in [0.29, 0.717) is 24.6 Å². The van der Waals surface area contributed by atoms with Crippen molar-refractivity contribution in [2.24, 2.45) is 0 Å². The van der Waals surface area contributed by atoms with Crippen LogP contribution in [-0.4, -0.2) is 37.7 Å². The summed E-state index contributed by atoms with van der Waals surface area (Å²) in [5.41, 5.74) is 1.01. The molecule has 1 amide bonds. The molecule has 1 aliphatic rings. The van der Waals surface area contributed by atoms with Gasteiger partial charge in [-0.1, -0.05) is 12.1 Å². The summed E-state index contributed by atoms with van der Waals surface area (Å²) in [6.07, 6.45) is 6.54. The lowest BCUT2D eigenvalue weighted by Gasteiger charge is -2.35. The first kappa shape index (κ1) is 14.7. The lowest BCUT2D eigenvalue weighted by Crippen LogP contribution is -2.38. The van der Waals surface area contributed by atoms with E-state index in [1.807, 2.05) is 17.9 Å². The maximum Gasteiger partial charge on any atom is 0.227 e. The smallest absolute Gasteiger partial charge is 0.227 e. The molecule has 2 aromatic rings. The predicted octanol–water partition coefficient (Wildman–Crippen LogP) is 2.04. The number of carbonyl (C=O) groups is 1. The number of amides is 1. The SMILES string of the molecule is CCc1noc(CCC(=O)N2CCCC[C@H]2c2ccn[nH]2)n1. The van der Waals surface area contributed by atoms with Gasteiger partial charge in [-0.2, -0.15) is 10.1 Å². The van der Waals surface area contributed by atoms with Gasteiger partial charge in [0.05, 0.1) is 11.7 Å². The van der Waals surface area contributed by atoms with Gasteiger partial charge >= 0.3 is 0 Å². The Morgan fingerprint density at radius 1 is 1.50 bits per heavy atom. The van der Waals surface area contributed by atoms with Gasteiger partial charge in [-0.3, -0.25) is 9.89 Å². The van der Waals surface area contributed by atoms with E-state index in [0.717, 1.165) is 37.9 Å². The lowest BCUT2D eigenvalue weighted by atomic mass is 9.99. The van der Waals surface area contributed by atoms with Crippen LogP contribution < -0.4 is 0 Å². The summed E-state index contributed by atoms with van der Waals surface area (Å²) in [7, 11) is 0. The molecule has 0 spiro atoms. The molecule has 0 unspecified atom stereocenters. The zero-order valence-electron chi connectivity index (χ0n) is 12.8. The number of hydrogen-bond acceptors (Lipinski definition) is 5. The standard InChI is InChI=1S/C15H21N5O2/c1-2-13-17-14(22-19-13)6-7-15(21)20-10-4-3-5-12(20)11-8-9-16-18-11/h8-9,12H,2-7,10H2,1H3,(H,16,18)/t12-/m0/s1. The van der Waals surface area contributed by atoms with Crippen LogP contribution >= 0.6 is 0 Å². The van der Waals surface area contributed by atoms with Gasteiger partial charge in [-0.05, 0) is 25.3 Å². The number of aromatic amines is 1. The molecule has 1 N–H and O–H groups in total. The van der Waals surface area contributed by atoms with Gasteiger partial charge in [0.25, 0.3) is 0 Å². The normalized spacial score (nSPS) is 18.6. The van der Waals surface area contributed by atoms with Gasteiger partial charge in [-0.25, -0.2) is 0 Å². The maximum atomic E-state index is 12.6. The van der Waals surface area contributed by atoms with Crippen LogP contribution in [0.4, 0.5) is 0 Å². The van der Waals surface area contributed by atoms with Crippen molar-refractivity contribution in [2.75, 3.05) is 6.54 Å². The van der Waals surface area contributed by atoms with Crippen molar-refractivity contribution in [1.82, 2.24) is 25.2 Å². The van der Waals surface area contributed by atoms with E-state index in [-0.39, 0.29) is 11.9 Å². The van der Waals surface area contributed by atoms with E-state index in [1.165, 1.54) is 0 Å². The first-order valence-electron chi connectivity index (χ1n) is 7.88. The minimum atomic E-state index is 0.109. The zero-order valence-corrected chi connectivity index (χ0v) is 12.8. The molecule has 0 aromatic carbocycles. The monoisotopic (exact) mass is 303 g/mol. The Balaban J connectivity index is 1.62. The van der Waals surface area contributed by atoms with Crippen molar-refractivity contribution in [3.63, 3.8) is 0 Å². The molecule has 118 valence electrons. The van der Waals surface area contributed by atoms with Gasteiger partial charge in [0, 0.05) is 32.0 Å². The van der Waals surface area contributed by atoms with Crippen LogP contribution in [0, 0.1) is 0 Å². The van der Waals surface area contributed by atoms with E-state index in [2.05, 4.69) is 20.3 Å². The molecule has 22 heavy (non-hydrogen) atoms. The first-order valence-corrected chi connectivity index (χ1v) is 7.88. The lowest BCUT2D eigenvalue weighted by molar-refractivity contribution is -0.135. The predicted molar refractivity (Wildman–Crippen MR) is 78.9 cm³/mol. The van der Waals surface area contributed by atoms with Crippen LogP contribution in [0.2, 0.25) is 0 Å².